The summed E-state index contributed by atoms with van der Waals surface area (Å²) in [4.78, 5) is 12.7. The molecule has 1 aliphatic carbocycles. The Morgan fingerprint density at radius 1 is 1.35 bits per heavy atom. The zero-order valence-corrected chi connectivity index (χ0v) is 13.4. The molecule has 3 unspecified atom stereocenters. The van der Waals surface area contributed by atoms with E-state index in [1.807, 2.05) is 0 Å². The van der Waals surface area contributed by atoms with Crippen LogP contribution in [0.15, 0.2) is 23.1 Å². The van der Waals surface area contributed by atoms with Crippen molar-refractivity contribution in [1.82, 2.24) is 0 Å². The molecule has 20 heavy (non-hydrogen) atoms. The zero-order chi connectivity index (χ0) is 14.7. The van der Waals surface area contributed by atoms with Crippen LogP contribution in [0.4, 0.5) is 0 Å². The minimum atomic E-state index is -0.623. The summed E-state index contributed by atoms with van der Waals surface area (Å²) in [5.74, 6) is -0.126. The Kier molecular flexibility index (Phi) is 5.14. The number of hydrogen-bond acceptors (Lipinski definition) is 2. The normalized spacial score (nSPS) is 26.4. The maximum atomic E-state index is 11.5. The highest BCUT2D eigenvalue weighted by molar-refractivity contribution is 8.00. The molecule has 1 aromatic carbocycles. The molecule has 0 heterocycles. The molecule has 0 spiro atoms. The van der Waals surface area contributed by atoms with Crippen LogP contribution in [-0.2, 0) is 4.79 Å². The first-order chi connectivity index (χ1) is 9.51. The Hall–Kier alpha value is -0.960. The molecule has 0 amide bonds. The van der Waals surface area contributed by atoms with Gasteiger partial charge in [-0.3, -0.25) is 4.79 Å². The SMILES string of the molecule is CCC1CCC(C(=O)O)C(Sc2ccc(C)cc2C)C1. The molecule has 1 aliphatic rings. The van der Waals surface area contributed by atoms with E-state index in [9.17, 15) is 9.90 Å². The van der Waals surface area contributed by atoms with Gasteiger partial charge in [-0.05, 0) is 50.7 Å². The second-order valence-corrected chi connectivity index (χ2v) is 7.24. The summed E-state index contributed by atoms with van der Waals surface area (Å²) < 4.78 is 0. The van der Waals surface area contributed by atoms with Crippen LogP contribution >= 0.6 is 11.8 Å². The topological polar surface area (TPSA) is 37.3 Å². The first-order valence-electron chi connectivity index (χ1n) is 7.48. The first-order valence-corrected chi connectivity index (χ1v) is 8.36. The molecule has 3 heteroatoms. The molecule has 1 aromatic rings. The highest BCUT2D eigenvalue weighted by Crippen LogP contribution is 2.41. The van der Waals surface area contributed by atoms with Gasteiger partial charge in [0, 0.05) is 10.1 Å². The van der Waals surface area contributed by atoms with E-state index < -0.39 is 5.97 Å². The summed E-state index contributed by atoms with van der Waals surface area (Å²) in [5.41, 5.74) is 2.52. The van der Waals surface area contributed by atoms with Crippen LogP contribution in [-0.4, -0.2) is 16.3 Å². The van der Waals surface area contributed by atoms with Gasteiger partial charge in [0.15, 0.2) is 0 Å². The molecule has 110 valence electrons. The van der Waals surface area contributed by atoms with Crippen LogP contribution in [0.1, 0.15) is 43.7 Å². The quantitative estimate of drug-likeness (QED) is 0.876. The van der Waals surface area contributed by atoms with Crippen LogP contribution < -0.4 is 0 Å². The Labute approximate surface area is 126 Å². The van der Waals surface area contributed by atoms with E-state index in [1.54, 1.807) is 11.8 Å². The predicted octanol–water partition coefficient (Wildman–Crippen LogP) is 4.68. The molecule has 1 fully saturated rings. The van der Waals surface area contributed by atoms with Gasteiger partial charge in [0.05, 0.1) is 5.92 Å². The molecule has 0 radical (unpaired) electrons. The lowest BCUT2D eigenvalue weighted by Gasteiger charge is -2.33. The molecule has 1 saturated carbocycles. The molecular formula is C17H24O2S. The number of aliphatic carboxylic acids is 1. The first kappa shape index (κ1) is 15.4. The molecular weight excluding hydrogens is 268 g/mol. The third kappa shape index (κ3) is 3.57. The van der Waals surface area contributed by atoms with Crippen molar-refractivity contribution >= 4 is 17.7 Å². The van der Waals surface area contributed by atoms with Gasteiger partial charge in [-0.1, -0.05) is 31.0 Å². The Morgan fingerprint density at radius 3 is 2.70 bits per heavy atom. The van der Waals surface area contributed by atoms with Gasteiger partial charge in [0.1, 0.15) is 0 Å². The Bertz CT molecular complexity index is 484. The number of rotatable bonds is 4. The van der Waals surface area contributed by atoms with Gasteiger partial charge in [-0.25, -0.2) is 0 Å². The van der Waals surface area contributed by atoms with Gasteiger partial charge >= 0.3 is 5.97 Å². The molecule has 0 aromatic heterocycles. The monoisotopic (exact) mass is 292 g/mol. The fraction of sp³-hybridized carbons (Fsp3) is 0.588. The van der Waals surface area contributed by atoms with E-state index in [0.717, 1.165) is 25.7 Å². The van der Waals surface area contributed by atoms with Crippen molar-refractivity contribution in [3.8, 4) is 0 Å². The second-order valence-electron chi connectivity index (χ2n) is 5.96. The number of thioether (sulfide) groups is 1. The van der Waals surface area contributed by atoms with Crippen molar-refractivity contribution in [1.29, 1.82) is 0 Å². The van der Waals surface area contributed by atoms with Crippen LogP contribution in [0.3, 0.4) is 0 Å². The van der Waals surface area contributed by atoms with Crippen LogP contribution in [0.25, 0.3) is 0 Å². The summed E-state index contributed by atoms with van der Waals surface area (Å²) >= 11 is 1.77. The van der Waals surface area contributed by atoms with Crippen molar-refractivity contribution < 1.29 is 9.90 Å². The minimum Gasteiger partial charge on any atom is -0.481 e. The highest BCUT2D eigenvalue weighted by atomic mass is 32.2. The largest absolute Gasteiger partial charge is 0.481 e. The van der Waals surface area contributed by atoms with E-state index in [0.29, 0.717) is 5.92 Å². The van der Waals surface area contributed by atoms with Crippen molar-refractivity contribution in [2.24, 2.45) is 11.8 Å². The molecule has 2 rings (SSSR count). The van der Waals surface area contributed by atoms with Gasteiger partial charge in [-0.15, -0.1) is 11.8 Å². The van der Waals surface area contributed by atoms with Gasteiger partial charge in [0.2, 0.25) is 0 Å². The lowest BCUT2D eigenvalue weighted by molar-refractivity contribution is -0.142. The molecule has 0 saturated heterocycles. The molecule has 0 aliphatic heterocycles. The molecule has 1 N–H and O–H groups in total. The summed E-state index contributed by atoms with van der Waals surface area (Å²) in [6, 6.07) is 6.44. The number of benzene rings is 1. The lowest BCUT2D eigenvalue weighted by atomic mass is 9.80. The van der Waals surface area contributed by atoms with Crippen molar-refractivity contribution in [2.45, 2.75) is 56.6 Å². The van der Waals surface area contributed by atoms with Gasteiger partial charge < -0.3 is 5.11 Å². The maximum absolute atomic E-state index is 11.5. The fourth-order valence-corrected chi connectivity index (χ4v) is 4.59. The summed E-state index contributed by atoms with van der Waals surface area (Å²) in [7, 11) is 0. The summed E-state index contributed by atoms with van der Waals surface area (Å²) in [5, 5.41) is 9.66. The van der Waals surface area contributed by atoms with Crippen LogP contribution in [0, 0.1) is 25.7 Å². The standard InChI is InChI=1S/C17H24O2S/c1-4-13-6-7-14(17(18)19)16(10-13)20-15-8-5-11(2)9-12(15)3/h5,8-9,13-14,16H,4,6-7,10H2,1-3H3,(H,18,19). The van der Waals surface area contributed by atoms with E-state index >= 15 is 0 Å². The van der Waals surface area contributed by atoms with E-state index in [4.69, 9.17) is 0 Å². The Morgan fingerprint density at radius 2 is 2.10 bits per heavy atom. The minimum absolute atomic E-state index is 0.191. The molecule has 0 bridgehead atoms. The number of carboxylic acid groups (broad SMARTS) is 1. The molecule has 2 nitrogen and oxygen atoms in total. The van der Waals surface area contributed by atoms with Gasteiger partial charge in [0.25, 0.3) is 0 Å². The highest BCUT2D eigenvalue weighted by Gasteiger charge is 2.35. The molecule has 3 atom stereocenters. The maximum Gasteiger partial charge on any atom is 0.307 e. The van der Waals surface area contributed by atoms with E-state index in [-0.39, 0.29) is 11.2 Å². The average Bonchev–Trinajstić information content (AvgIpc) is 2.41. The summed E-state index contributed by atoms with van der Waals surface area (Å²) in [6.07, 6.45) is 4.09. The third-order valence-electron chi connectivity index (χ3n) is 4.40. The average molecular weight is 292 g/mol. The number of carboxylic acids is 1. The van der Waals surface area contributed by atoms with Gasteiger partial charge in [-0.2, -0.15) is 0 Å². The number of hydrogen-bond donors (Lipinski definition) is 1. The number of aryl methyl sites for hydroxylation is 2. The smallest absolute Gasteiger partial charge is 0.307 e. The second kappa shape index (κ2) is 6.66. The predicted molar refractivity (Wildman–Crippen MR) is 84.3 cm³/mol. The van der Waals surface area contributed by atoms with Crippen molar-refractivity contribution in [2.75, 3.05) is 0 Å². The number of carbonyl (C=O) groups is 1. The zero-order valence-electron chi connectivity index (χ0n) is 12.6. The Balaban J connectivity index is 2.16. The van der Waals surface area contributed by atoms with Crippen LogP contribution in [0.2, 0.25) is 0 Å². The summed E-state index contributed by atoms with van der Waals surface area (Å²) in [6.45, 7) is 6.42. The lowest BCUT2D eigenvalue weighted by Crippen LogP contribution is -2.32. The van der Waals surface area contributed by atoms with E-state index in [2.05, 4.69) is 39.0 Å². The van der Waals surface area contributed by atoms with Crippen molar-refractivity contribution in [3.63, 3.8) is 0 Å². The fourth-order valence-electron chi connectivity index (χ4n) is 3.09. The van der Waals surface area contributed by atoms with Crippen molar-refractivity contribution in [3.05, 3.63) is 29.3 Å². The van der Waals surface area contributed by atoms with E-state index in [1.165, 1.54) is 16.0 Å². The third-order valence-corrected chi connectivity index (χ3v) is 5.94. The van der Waals surface area contributed by atoms with Crippen LogP contribution in [0.5, 0.6) is 0 Å².